The topological polar surface area (TPSA) is 60.2 Å². The number of rotatable bonds is 4. The van der Waals surface area contributed by atoms with E-state index in [1.165, 1.54) is 18.2 Å². The summed E-state index contributed by atoms with van der Waals surface area (Å²) in [7, 11) is 0. The number of ketones is 1. The van der Waals surface area contributed by atoms with Crippen molar-refractivity contribution < 1.29 is 9.72 Å². The number of nitrogens with zero attached hydrogens (tertiary/aromatic N) is 1. The Morgan fingerprint density at radius 1 is 1.15 bits per heavy atom. The molecule has 0 fully saturated rings. The van der Waals surface area contributed by atoms with E-state index in [1.807, 2.05) is 31.2 Å². The Kier molecular flexibility index (Phi) is 3.94. The molecule has 0 radical (unpaired) electrons. The van der Waals surface area contributed by atoms with Crippen LogP contribution in [0.15, 0.2) is 42.5 Å². The fraction of sp³-hybridized carbons (Fsp3) is 0.188. The van der Waals surface area contributed by atoms with Gasteiger partial charge in [0, 0.05) is 24.1 Å². The summed E-state index contributed by atoms with van der Waals surface area (Å²) in [6.45, 7) is 3.70. The van der Waals surface area contributed by atoms with E-state index >= 15 is 0 Å². The number of aryl methyl sites for hydroxylation is 2. The van der Waals surface area contributed by atoms with Gasteiger partial charge in [-0.05, 0) is 31.0 Å². The Hall–Kier alpha value is -2.49. The number of carbonyl (C=O) groups excluding carboxylic acids is 1. The molecule has 2 rings (SSSR count). The summed E-state index contributed by atoms with van der Waals surface area (Å²) in [4.78, 5) is 22.5. The van der Waals surface area contributed by atoms with Crippen molar-refractivity contribution in [2.45, 2.75) is 20.3 Å². The minimum atomic E-state index is -0.457. The first-order valence-corrected chi connectivity index (χ1v) is 6.31. The van der Waals surface area contributed by atoms with Crippen LogP contribution in [-0.4, -0.2) is 10.7 Å². The van der Waals surface area contributed by atoms with Crippen LogP contribution in [0, 0.1) is 24.0 Å². The highest BCUT2D eigenvalue weighted by Crippen LogP contribution is 2.19. The van der Waals surface area contributed by atoms with Gasteiger partial charge >= 0.3 is 0 Å². The normalized spacial score (nSPS) is 10.3. The van der Waals surface area contributed by atoms with Crippen LogP contribution in [0.5, 0.6) is 0 Å². The lowest BCUT2D eigenvalue weighted by Gasteiger charge is -2.06. The molecule has 0 atom stereocenters. The third kappa shape index (κ3) is 3.09. The van der Waals surface area contributed by atoms with E-state index in [4.69, 9.17) is 0 Å². The number of carbonyl (C=O) groups is 1. The predicted molar refractivity (Wildman–Crippen MR) is 77.0 cm³/mol. The number of Topliss-reactive ketones (excluding diaryl/α,β-unsaturated/α-hetero) is 1. The van der Waals surface area contributed by atoms with Crippen LogP contribution in [0.1, 0.15) is 27.0 Å². The van der Waals surface area contributed by atoms with Crippen LogP contribution in [0.2, 0.25) is 0 Å². The molecule has 0 N–H and O–H groups in total. The summed E-state index contributed by atoms with van der Waals surface area (Å²) < 4.78 is 0. The maximum atomic E-state index is 12.3. The first kappa shape index (κ1) is 13.9. The summed E-state index contributed by atoms with van der Waals surface area (Å²) in [5.74, 6) is -0.0250. The summed E-state index contributed by atoms with van der Waals surface area (Å²) in [5.41, 5.74) is 3.24. The maximum Gasteiger partial charge on any atom is 0.269 e. The molecule has 0 aliphatic heterocycles. The maximum absolute atomic E-state index is 12.3. The van der Waals surface area contributed by atoms with E-state index in [1.54, 1.807) is 6.92 Å². The molecular formula is C16H15NO3. The standard InChI is InChI=1S/C16H15NO3/c1-11-4-3-5-13(8-11)10-16(18)15-7-6-14(17(19)20)9-12(15)2/h3-9H,10H2,1-2H3. The summed E-state index contributed by atoms with van der Waals surface area (Å²) in [6.07, 6.45) is 0.306. The van der Waals surface area contributed by atoms with Crippen molar-refractivity contribution in [3.8, 4) is 0 Å². The Bertz CT molecular complexity index is 677. The van der Waals surface area contributed by atoms with Crippen LogP contribution in [0.3, 0.4) is 0 Å². The van der Waals surface area contributed by atoms with Crippen molar-refractivity contribution in [2.75, 3.05) is 0 Å². The molecule has 4 heteroatoms. The van der Waals surface area contributed by atoms with Gasteiger partial charge in [0.2, 0.25) is 0 Å². The fourth-order valence-corrected chi connectivity index (χ4v) is 2.18. The molecule has 0 spiro atoms. The summed E-state index contributed by atoms with van der Waals surface area (Å²) >= 11 is 0. The lowest BCUT2D eigenvalue weighted by molar-refractivity contribution is -0.384. The fourth-order valence-electron chi connectivity index (χ4n) is 2.18. The van der Waals surface area contributed by atoms with Gasteiger partial charge < -0.3 is 0 Å². The minimum absolute atomic E-state index is 0.00889. The molecule has 0 amide bonds. The molecule has 2 aromatic carbocycles. The van der Waals surface area contributed by atoms with E-state index in [2.05, 4.69) is 0 Å². The molecule has 0 aliphatic carbocycles. The molecule has 20 heavy (non-hydrogen) atoms. The van der Waals surface area contributed by atoms with Gasteiger partial charge in [0.05, 0.1) is 4.92 Å². The number of nitro groups is 1. The zero-order valence-corrected chi connectivity index (χ0v) is 11.4. The monoisotopic (exact) mass is 269 g/mol. The molecule has 0 saturated heterocycles. The lowest BCUT2D eigenvalue weighted by atomic mass is 9.98. The Balaban J connectivity index is 2.23. The first-order valence-electron chi connectivity index (χ1n) is 6.31. The van der Waals surface area contributed by atoms with Gasteiger partial charge in [-0.15, -0.1) is 0 Å². The molecule has 0 saturated carbocycles. The van der Waals surface area contributed by atoms with Crippen LogP contribution >= 0.6 is 0 Å². The second-order valence-corrected chi connectivity index (χ2v) is 4.85. The number of nitro benzene ring substituents is 1. The van der Waals surface area contributed by atoms with E-state index in [0.717, 1.165) is 11.1 Å². The molecule has 4 nitrogen and oxygen atoms in total. The highest BCUT2D eigenvalue weighted by Gasteiger charge is 2.14. The molecular weight excluding hydrogens is 254 g/mol. The van der Waals surface area contributed by atoms with Crippen molar-refractivity contribution in [3.63, 3.8) is 0 Å². The lowest BCUT2D eigenvalue weighted by Crippen LogP contribution is -2.06. The predicted octanol–water partition coefficient (Wildman–Crippen LogP) is 3.64. The minimum Gasteiger partial charge on any atom is -0.294 e. The van der Waals surface area contributed by atoms with Gasteiger partial charge in [-0.1, -0.05) is 29.8 Å². The summed E-state index contributed by atoms with van der Waals surface area (Å²) in [5, 5.41) is 10.7. The van der Waals surface area contributed by atoms with Crippen molar-refractivity contribution in [1.29, 1.82) is 0 Å². The van der Waals surface area contributed by atoms with E-state index in [-0.39, 0.29) is 11.5 Å². The van der Waals surface area contributed by atoms with E-state index < -0.39 is 4.92 Å². The van der Waals surface area contributed by atoms with Gasteiger partial charge in [-0.2, -0.15) is 0 Å². The second-order valence-electron chi connectivity index (χ2n) is 4.85. The van der Waals surface area contributed by atoms with Crippen LogP contribution < -0.4 is 0 Å². The SMILES string of the molecule is Cc1cccc(CC(=O)c2ccc([N+](=O)[O-])cc2C)c1. The van der Waals surface area contributed by atoms with Gasteiger partial charge in [0.25, 0.3) is 5.69 Å². The molecule has 0 heterocycles. The van der Waals surface area contributed by atoms with Crippen molar-refractivity contribution in [1.82, 2.24) is 0 Å². The number of hydrogen-bond acceptors (Lipinski definition) is 3. The van der Waals surface area contributed by atoms with Crippen molar-refractivity contribution in [2.24, 2.45) is 0 Å². The molecule has 2 aromatic rings. The second kappa shape index (κ2) is 5.65. The molecule has 0 bridgehead atoms. The molecule has 0 unspecified atom stereocenters. The van der Waals surface area contributed by atoms with Crippen LogP contribution in [0.25, 0.3) is 0 Å². The van der Waals surface area contributed by atoms with Crippen LogP contribution in [-0.2, 0) is 6.42 Å². The summed E-state index contributed by atoms with van der Waals surface area (Å²) in [6, 6.07) is 12.1. The van der Waals surface area contributed by atoms with E-state index in [9.17, 15) is 14.9 Å². The van der Waals surface area contributed by atoms with Crippen molar-refractivity contribution >= 4 is 11.5 Å². The highest BCUT2D eigenvalue weighted by molar-refractivity contribution is 5.99. The number of hydrogen-bond donors (Lipinski definition) is 0. The zero-order valence-electron chi connectivity index (χ0n) is 11.4. The molecule has 102 valence electrons. The molecule has 0 aromatic heterocycles. The van der Waals surface area contributed by atoms with Crippen LogP contribution in [0.4, 0.5) is 5.69 Å². The third-order valence-electron chi connectivity index (χ3n) is 3.17. The molecule has 0 aliphatic rings. The smallest absolute Gasteiger partial charge is 0.269 e. The average molecular weight is 269 g/mol. The van der Waals surface area contributed by atoms with Gasteiger partial charge in [0.1, 0.15) is 0 Å². The highest BCUT2D eigenvalue weighted by atomic mass is 16.6. The quantitative estimate of drug-likeness (QED) is 0.483. The largest absolute Gasteiger partial charge is 0.294 e. The van der Waals surface area contributed by atoms with Crippen molar-refractivity contribution in [3.05, 3.63) is 74.8 Å². The van der Waals surface area contributed by atoms with E-state index in [0.29, 0.717) is 17.5 Å². The third-order valence-corrected chi connectivity index (χ3v) is 3.17. The van der Waals surface area contributed by atoms with Gasteiger partial charge in [-0.3, -0.25) is 14.9 Å². The Labute approximate surface area is 117 Å². The Morgan fingerprint density at radius 2 is 1.90 bits per heavy atom. The number of benzene rings is 2. The van der Waals surface area contributed by atoms with Gasteiger partial charge in [0.15, 0.2) is 5.78 Å². The zero-order chi connectivity index (χ0) is 14.7. The average Bonchev–Trinajstić information content (AvgIpc) is 2.38. The van der Waals surface area contributed by atoms with Gasteiger partial charge in [-0.25, -0.2) is 0 Å². The number of non-ortho nitro benzene ring substituents is 1. The first-order chi connectivity index (χ1) is 9.47. The Morgan fingerprint density at radius 3 is 2.50 bits per heavy atom.